The molecule has 9 unspecified atom stereocenters. The van der Waals surface area contributed by atoms with E-state index in [4.69, 9.17) is 0 Å². The van der Waals surface area contributed by atoms with Crippen LogP contribution in [0.1, 0.15) is 77.0 Å². The molecule has 0 amide bonds. The minimum atomic E-state index is -1.41. The predicted molar refractivity (Wildman–Crippen MR) is 94.7 cm³/mol. The first kappa shape index (κ1) is 14.0. The first-order valence-corrected chi connectivity index (χ1v) is 16.6. The Hall–Kier alpha value is 0.799. The fourth-order valence-corrected chi connectivity index (χ4v) is 29.0. The van der Waals surface area contributed by atoms with Crippen LogP contribution in [0.25, 0.3) is 0 Å². The molecule has 6 aliphatic rings. The van der Waals surface area contributed by atoms with Crippen LogP contribution >= 0.6 is 0 Å². The van der Waals surface area contributed by atoms with Crippen LogP contribution < -0.4 is 0 Å². The van der Waals surface area contributed by atoms with Gasteiger partial charge in [-0.05, 0) is 0 Å². The molecule has 0 heterocycles. The van der Waals surface area contributed by atoms with Gasteiger partial charge in [0.1, 0.15) is 0 Å². The fourth-order valence-electron chi connectivity index (χ4n) is 9.25. The summed E-state index contributed by atoms with van der Waals surface area (Å²) >= 11 is -1.41. The Bertz CT molecular complexity index is 392. The summed E-state index contributed by atoms with van der Waals surface area (Å²) in [4.78, 5) is 0. The molecule has 9 atom stereocenters. The second-order valence-electron chi connectivity index (χ2n) is 10.6. The summed E-state index contributed by atoms with van der Waals surface area (Å²) in [5.41, 5.74) is 0. The molecule has 6 saturated carbocycles. The molecule has 0 aromatic heterocycles. The van der Waals surface area contributed by atoms with Crippen molar-refractivity contribution in [2.45, 2.75) is 88.9 Å². The average molecular weight is 405 g/mol. The molecule has 22 heavy (non-hydrogen) atoms. The van der Waals surface area contributed by atoms with Gasteiger partial charge in [-0.15, -0.1) is 0 Å². The van der Waals surface area contributed by atoms with Gasteiger partial charge in [0.25, 0.3) is 0 Å². The minimum absolute atomic E-state index is 1.21. The van der Waals surface area contributed by atoms with E-state index in [-0.39, 0.29) is 0 Å². The third-order valence-electron chi connectivity index (χ3n) is 9.86. The zero-order valence-corrected chi connectivity index (χ0v) is 17.6. The average Bonchev–Trinajstić information content (AvgIpc) is 3.32. The van der Waals surface area contributed by atoms with Gasteiger partial charge in [0.05, 0.1) is 0 Å². The first-order valence-electron chi connectivity index (χ1n) is 10.8. The van der Waals surface area contributed by atoms with Crippen LogP contribution in [-0.2, 0) is 0 Å². The number of hydrogen-bond acceptors (Lipinski definition) is 0. The van der Waals surface area contributed by atoms with Gasteiger partial charge in [-0.1, -0.05) is 0 Å². The Morgan fingerprint density at radius 3 is 1.00 bits per heavy atom. The molecule has 6 rings (SSSR count). The summed E-state index contributed by atoms with van der Waals surface area (Å²) < 4.78 is 4.19. The van der Waals surface area contributed by atoms with E-state index in [1.807, 2.05) is 0 Å². The van der Waals surface area contributed by atoms with E-state index in [1.54, 1.807) is 77.0 Å². The maximum absolute atomic E-state index is 1.76. The third kappa shape index (κ3) is 2.00. The van der Waals surface area contributed by atoms with Gasteiger partial charge in [-0.2, -0.15) is 0 Å². The first-order chi connectivity index (χ1) is 10.8. The zero-order chi connectivity index (χ0) is 14.3. The van der Waals surface area contributed by atoms with E-state index in [0.717, 1.165) is 0 Å². The topological polar surface area (TPSA) is 0 Å². The summed E-state index contributed by atoms with van der Waals surface area (Å²) in [6.45, 7) is 0. The van der Waals surface area contributed by atoms with Gasteiger partial charge >= 0.3 is 144 Å². The number of fused-ring (bicyclic) bond motifs is 6. The van der Waals surface area contributed by atoms with Crippen molar-refractivity contribution < 1.29 is 0 Å². The van der Waals surface area contributed by atoms with Crippen molar-refractivity contribution >= 4 is 19.8 Å². The van der Waals surface area contributed by atoms with Gasteiger partial charge in [-0.25, -0.2) is 0 Å². The molecule has 0 spiro atoms. The molecular formula is C21H34Sn. The molecule has 0 nitrogen and oxygen atoms in total. The van der Waals surface area contributed by atoms with Crippen molar-refractivity contribution in [3.05, 3.63) is 0 Å². The van der Waals surface area contributed by atoms with Crippen molar-refractivity contribution in [1.29, 1.82) is 0 Å². The maximum atomic E-state index is 1.76. The van der Waals surface area contributed by atoms with Crippen LogP contribution in [0.15, 0.2) is 0 Å². The van der Waals surface area contributed by atoms with Crippen molar-refractivity contribution in [3.63, 3.8) is 0 Å². The molecule has 6 aliphatic carbocycles. The summed E-state index contributed by atoms with van der Waals surface area (Å²) in [6, 6.07) is 0. The summed E-state index contributed by atoms with van der Waals surface area (Å²) in [7, 11) is 0. The molecule has 0 N–H and O–H groups in total. The van der Waals surface area contributed by atoms with Crippen LogP contribution in [-0.4, -0.2) is 19.8 Å². The van der Waals surface area contributed by atoms with Crippen molar-refractivity contribution in [1.82, 2.24) is 0 Å². The second kappa shape index (κ2) is 5.15. The Balaban J connectivity index is 1.32. The van der Waals surface area contributed by atoms with Gasteiger partial charge in [0.2, 0.25) is 0 Å². The molecular weight excluding hydrogens is 371 g/mol. The summed E-state index contributed by atoms with van der Waals surface area (Å²) in [5, 5.41) is 0. The number of rotatable bonds is 3. The second-order valence-corrected chi connectivity index (χ2v) is 21.2. The van der Waals surface area contributed by atoms with Crippen molar-refractivity contribution in [2.24, 2.45) is 35.5 Å². The van der Waals surface area contributed by atoms with E-state index >= 15 is 0 Å². The van der Waals surface area contributed by atoms with Gasteiger partial charge in [-0.3, -0.25) is 0 Å². The fraction of sp³-hybridized carbons (Fsp3) is 1.00. The van der Waals surface area contributed by atoms with Crippen LogP contribution in [0.5, 0.6) is 0 Å². The van der Waals surface area contributed by atoms with Gasteiger partial charge in [0, 0.05) is 0 Å². The van der Waals surface area contributed by atoms with Gasteiger partial charge in [0.15, 0.2) is 0 Å². The molecule has 0 aromatic rings. The van der Waals surface area contributed by atoms with E-state index in [2.05, 4.69) is 0 Å². The van der Waals surface area contributed by atoms with Crippen LogP contribution in [0.2, 0.25) is 11.8 Å². The molecule has 122 valence electrons. The molecule has 0 radical (unpaired) electrons. The molecule has 0 aromatic carbocycles. The Kier molecular flexibility index (Phi) is 3.28. The molecule has 6 bridgehead atoms. The third-order valence-corrected chi connectivity index (χ3v) is 25.3. The quantitative estimate of drug-likeness (QED) is 0.522. The monoisotopic (exact) mass is 406 g/mol. The van der Waals surface area contributed by atoms with Crippen LogP contribution in [0, 0.1) is 35.5 Å². The van der Waals surface area contributed by atoms with Crippen molar-refractivity contribution in [3.8, 4) is 0 Å². The Labute approximate surface area is 143 Å². The van der Waals surface area contributed by atoms with Crippen molar-refractivity contribution in [2.75, 3.05) is 0 Å². The standard InChI is InChI=1S/3C7H11.Sn.H/c3*1-2-7-4-3-6(1)5-7;;/h3*1,6-7H,2-5H2;;. The van der Waals surface area contributed by atoms with E-state index < -0.39 is 19.8 Å². The van der Waals surface area contributed by atoms with E-state index in [0.29, 0.717) is 0 Å². The van der Waals surface area contributed by atoms with E-state index in [9.17, 15) is 0 Å². The Morgan fingerprint density at radius 1 is 0.409 bits per heavy atom. The van der Waals surface area contributed by atoms with Crippen LogP contribution in [0.4, 0.5) is 0 Å². The SMILES string of the molecule is C1CC2CC1C[CH]2[SnH]([CH]1CC2CCC1C2)[CH]1CC2CCC1C2. The van der Waals surface area contributed by atoms with Crippen LogP contribution in [0.3, 0.4) is 0 Å². The summed E-state index contributed by atoms with van der Waals surface area (Å²) in [6.07, 6.45) is 20.3. The molecule has 1 heteroatoms. The normalized spacial score (nSPS) is 59.7. The Morgan fingerprint density at radius 2 is 0.773 bits per heavy atom. The van der Waals surface area contributed by atoms with Gasteiger partial charge < -0.3 is 0 Å². The van der Waals surface area contributed by atoms with E-state index in [1.165, 1.54) is 47.3 Å². The molecule has 0 saturated heterocycles. The molecule has 6 fully saturated rings. The molecule has 0 aliphatic heterocycles. The zero-order valence-electron chi connectivity index (χ0n) is 14.3. The number of hydrogen-bond donors (Lipinski definition) is 0. The summed E-state index contributed by atoms with van der Waals surface area (Å²) in [5.74, 6) is 7.45. The predicted octanol–water partition coefficient (Wildman–Crippen LogP) is 5.78.